The van der Waals surface area contributed by atoms with Gasteiger partial charge in [-0.2, -0.15) is 18.3 Å². The molecule has 0 amide bonds. The Bertz CT molecular complexity index is 780. The van der Waals surface area contributed by atoms with Crippen molar-refractivity contribution in [2.24, 2.45) is 10.2 Å². The zero-order valence-corrected chi connectivity index (χ0v) is 12.6. The number of allylic oxidation sites excluding steroid dienone is 1. The summed E-state index contributed by atoms with van der Waals surface area (Å²) in [5.41, 5.74) is -0.575. The summed E-state index contributed by atoms with van der Waals surface area (Å²) >= 11 is 0. The van der Waals surface area contributed by atoms with Crippen LogP contribution in [0.25, 0.3) is 5.76 Å². The molecule has 0 fully saturated rings. The third-order valence-corrected chi connectivity index (χ3v) is 3.07. The lowest BCUT2D eigenvalue weighted by Gasteiger charge is -2.05. The predicted octanol–water partition coefficient (Wildman–Crippen LogP) is 5.30. The van der Waals surface area contributed by atoms with Gasteiger partial charge in [0.05, 0.1) is 11.3 Å². The number of aliphatic hydroxyl groups excluding tert-OH is 1. The molecule has 2 aromatic rings. The zero-order valence-electron chi connectivity index (χ0n) is 12.6. The monoisotopic (exact) mass is 334 g/mol. The third kappa shape index (κ3) is 4.28. The molecule has 0 radical (unpaired) electrons. The van der Waals surface area contributed by atoms with E-state index in [0.29, 0.717) is 5.56 Å². The van der Waals surface area contributed by atoms with Crippen molar-refractivity contribution in [2.75, 3.05) is 0 Å². The fraction of sp³-hybridized carbons (Fsp3) is 0.118. The lowest BCUT2D eigenvalue weighted by atomic mass is 10.1. The van der Waals surface area contributed by atoms with E-state index < -0.39 is 17.5 Å². The maximum Gasteiger partial charge on any atom is 0.416 e. The summed E-state index contributed by atoms with van der Waals surface area (Å²) in [4.78, 5) is 11.6. The minimum atomic E-state index is -4.44. The first-order valence-electron chi connectivity index (χ1n) is 6.87. The van der Waals surface area contributed by atoms with Gasteiger partial charge in [0.1, 0.15) is 0 Å². The van der Waals surface area contributed by atoms with Gasteiger partial charge in [-0.1, -0.05) is 30.3 Å². The Morgan fingerprint density at radius 3 is 2.08 bits per heavy atom. The van der Waals surface area contributed by atoms with E-state index in [4.69, 9.17) is 0 Å². The van der Waals surface area contributed by atoms with Crippen LogP contribution in [0.2, 0.25) is 0 Å². The first-order valence-corrected chi connectivity index (χ1v) is 6.87. The highest BCUT2D eigenvalue weighted by atomic mass is 19.4. The molecule has 0 aliphatic rings. The molecule has 0 heterocycles. The number of aliphatic hydroxyl groups is 1. The van der Waals surface area contributed by atoms with Gasteiger partial charge in [-0.05, 0) is 24.3 Å². The van der Waals surface area contributed by atoms with E-state index >= 15 is 0 Å². The Hall–Kier alpha value is -2.96. The molecular weight excluding hydrogens is 321 g/mol. The van der Waals surface area contributed by atoms with Crippen LogP contribution in [0.3, 0.4) is 0 Å². The molecule has 2 rings (SSSR count). The Labute approximate surface area is 136 Å². The zero-order chi connectivity index (χ0) is 17.7. The quantitative estimate of drug-likeness (QED) is 0.468. The maximum absolute atomic E-state index is 12.5. The number of carbonyl (C=O) groups excluding carboxylic acids is 1. The molecule has 0 aromatic heterocycles. The molecule has 0 unspecified atom stereocenters. The summed E-state index contributed by atoms with van der Waals surface area (Å²) < 4.78 is 37.5. The highest BCUT2D eigenvalue weighted by Gasteiger charge is 2.29. The van der Waals surface area contributed by atoms with Gasteiger partial charge < -0.3 is 5.11 Å². The van der Waals surface area contributed by atoms with E-state index in [1.165, 1.54) is 6.92 Å². The van der Waals surface area contributed by atoms with Crippen LogP contribution in [-0.2, 0) is 11.0 Å². The Morgan fingerprint density at radius 1 is 1.00 bits per heavy atom. The van der Waals surface area contributed by atoms with Gasteiger partial charge in [0.15, 0.2) is 17.2 Å². The van der Waals surface area contributed by atoms with Gasteiger partial charge in [-0.3, -0.25) is 4.79 Å². The van der Waals surface area contributed by atoms with Crippen LogP contribution in [-0.4, -0.2) is 10.9 Å². The Kier molecular flexibility index (Phi) is 5.13. The number of Topliss-reactive ketones (excluding diaryl/α,β-unsaturated/α-hetero) is 1. The molecule has 0 saturated heterocycles. The highest BCUT2D eigenvalue weighted by molar-refractivity contribution is 5.99. The smallest absolute Gasteiger partial charge is 0.416 e. The molecule has 0 saturated carbocycles. The van der Waals surface area contributed by atoms with E-state index in [2.05, 4.69) is 10.2 Å². The Balaban J connectivity index is 2.31. The number of nitrogens with zero attached hydrogens (tertiary/aromatic N) is 2. The topological polar surface area (TPSA) is 62.0 Å². The molecule has 1 N–H and O–H groups in total. The lowest BCUT2D eigenvalue weighted by Crippen LogP contribution is -2.03. The molecule has 0 atom stereocenters. The van der Waals surface area contributed by atoms with E-state index in [-0.39, 0.29) is 17.1 Å². The molecule has 0 bridgehead atoms. The molecule has 7 heteroatoms. The van der Waals surface area contributed by atoms with Crippen LogP contribution in [0.15, 0.2) is 70.5 Å². The van der Waals surface area contributed by atoms with Crippen LogP contribution in [0.1, 0.15) is 18.1 Å². The summed E-state index contributed by atoms with van der Waals surface area (Å²) in [6.07, 6.45) is -4.44. The minimum absolute atomic E-state index is 0.127. The average Bonchev–Trinajstić information content (AvgIpc) is 2.55. The number of azo groups is 1. The van der Waals surface area contributed by atoms with E-state index in [9.17, 15) is 23.1 Å². The summed E-state index contributed by atoms with van der Waals surface area (Å²) in [5.74, 6) is -0.870. The molecule has 2 aromatic carbocycles. The second kappa shape index (κ2) is 7.08. The van der Waals surface area contributed by atoms with Crippen molar-refractivity contribution in [3.63, 3.8) is 0 Å². The van der Waals surface area contributed by atoms with Crippen molar-refractivity contribution < 1.29 is 23.1 Å². The van der Waals surface area contributed by atoms with Crippen molar-refractivity contribution in [1.82, 2.24) is 0 Å². The van der Waals surface area contributed by atoms with Crippen LogP contribution >= 0.6 is 0 Å². The molecule has 24 heavy (non-hydrogen) atoms. The number of ketones is 1. The molecule has 0 aliphatic heterocycles. The maximum atomic E-state index is 12.5. The summed E-state index contributed by atoms with van der Waals surface area (Å²) in [6, 6.07) is 12.3. The standard InChI is InChI=1S/C17H13F3N2O2/c1-11(23)15(16(24)12-5-3-2-4-6-12)22-21-14-9-7-13(8-10-14)17(18,19)20/h2-10,24H,1H3. The van der Waals surface area contributed by atoms with Gasteiger partial charge in [0.2, 0.25) is 0 Å². The molecule has 124 valence electrons. The van der Waals surface area contributed by atoms with Crippen molar-refractivity contribution in [1.29, 1.82) is 0 Å². The summed E-state index contributed by atoms with van der Waals surface area (Å²) in [5, 5.41) is 17.5. The van der Waals surface area contributed by atoms with Gasteiger partial charge in [-0.25, -0.2) is 0 Å². The van der Waals surface area contributed by atoms with E-state index in [1.807, 2.05) is 0 Å². The SMILES string of the molecule is CC(=O)C(N=Nc1ccc(C(F)(F)F)cc1)=C(O)c1ccccc1. The molecule has 0 spiro atoms. The molecule has 4 nitrogen and oxygen atoms in total. The van der Waals surface area contributed by atoms with Crippen molar-refractivity contribution in [3.8, 4) is 0 Å². The second-order valence-electron chi connectivity index (χ2n) is 4.86. The lowest BCUT2D eigenvalue weighted by molar-refractivity contribution is -0.137. The number of alkyl halides is 3. The molecular formula is C17H13F3N2O2. The minimum Gasteiger partial charge on any atom is -0.505 e. The van der Waals surface area contributed by atoms with Crippen LogP contribution in [0.5, 0.6) is 0 Å². The van der Waals surface area contributed by atoms with Crippen molar-refractivity contribution in [3.05, 3.63) is 71.4 Å². The number of carbonyl (C=O) groups is 1. The number of rotatable bonds is 4. The first kappa shape index (κ1) is 17.4. The largest absolute Gasteiger partial charge is 0.505 e. The summed E-state index contributed by atoms with van der Waals surface area (Å²) in [6.45, 7) is 1.21. The average molecular weight is 334 g/mol. The third-order valence-electron chi connectivity index (χ3n) is 3.07. The number of benzene rings is 2. The second-order valence-corrected chi connectivity index (χ2v) is 4.86. The number of hydrogen-bond donors (Lipinski definition) is 1. The fourth-order valence-electron chi connectivity index (χ4n) is 1.84. The summed E-state index contributed by atoms with van der Waals surface area (Å²) in [7, 11) is 0. The highest BCUT2D eigenvalue weighted by Crippen LogP contribution is 2.30. The van der Waals surface area contributed by atoms with Gasteiger partial charge in [-0.15, -0.1) is 5.11 Å². The Morgan fingerprint density at radius 2 is 1.58 bits per heavy atom. The van der Waals surface area contributed by atoms with Gasteiger partial charge in [0.25, 0.3) is 0 Å². The van der Waals surface area contributed by atoms with Gasteiger partial charge in [0, 0.05) is 12.5 Å². The van der Waals surface area contributed by atoms with E-state index in [0.717, 1.165) is 24.3 Å². The van der Waals surface area contributed by atoms with Gasteiger partial charge >= 0.3 is 6.18 Å². The fourth-order valence-corrected chi connectivity index (χ4v) is 1.84. The normalized spacial score (nSPS) is 13.0. The molecule has 0 aliphatic carbocycles. The van der Waals surface area contributed by atoms with Crippen molar-refractivity contribution >= 4 is 17.2 Å². The number of hydrogen-bond acceptors (Lipinski definition) is 4. The van der Waals surface area contributed by atoms with Crippen LogP contribution < -0.4 is 0 Å². The van der Waals surface area contributed by atoms with Crippen LogP contribution in [0.4, 0.5) is 18.9 Å². The number of halogens is 3. The first-order chi connectivity index (χ1) is 11.3. The van der Waals surface area contributed by atoms with Crippen molar-refractivity contribution in [2.45, 2.75) is 13.1 Å². The van der Waals surface area contributed by atoms with Crippen LogP contribution in [0, 0.1) is 0 Å². The predicted molar refractivity (Wildman–Crippen MR) is 82.6 cm³/mol. The van der Waals surface area contributed by atoms with E-state index in [1.54, 1.807) is 30.3 Å².